The Morgan fingerprint density at radius 2 is 1.81 bits per heavy atom. The molecule has 1 N–H and O–H groups in total. The highest BCUT2D eigenvalue weighted by Crippen LogP contribution is 2.37. The van der Waals surface area contributed by atoms with E-state index in [1.165, 1.54) is 18.4 Å². The van der Waals surface area contributed by atoms with Crippen LogP contribution >= 0.6 is 0 Å². The van der Waals surface area contributed by atoms with E-state index in [0.717, 1.165) is 17.7 Å². The number of hydrogen-bond acceptors (Lipinski definition) is 7. The molecule has 2 unspecified atom stereocenters. The molecule has 1 saturated carbocycles. The van der Waals surface area contributed by atoms with Crippen molar-refractivity contribution in [2.45, 2.75) is 25.7 Å². The lowest BCUT2D eigenvalue weighted by Crippen LogP contribution is -2.39. The number of rotatable bonds is 5. The summed E-state index contributed by atoms with van der Waals surface area (Å²) in [6.07, 6.45) is 4.36. The fourth-order valence-corrected chi connectivity index (χ4v) is 3.34. The summed E-state index contributed by atoms with van der Waals surface area (Å²) in [6, 6.07) is 2.86. The SMILES string of the molecule is O=C(COC(=O)CN1C(=O)C2CCCCC2C1=O)NC(=O)c1ccco1. The summed E-state index contributed by atoms with van der Waals surface area (Å²) in [4.78, 5) is 60.5. The van der Waals surface area contributed by atoms with Crippen molar-refractivity contribution < 1.29 is 33.1 Å². The van der Waals surface area contributed by atoms with E-state index in [2.05, 4.69) is 0 Å². The number of nitrogens with one attached hydrogen (secondary N) is 1. The molecule has 1 aromatic heterocycles. The van der Waals surface area contributed by atoms with Gasteiger partial charge in [0.25, 0.3) is 11.8 Å². The highest BCUT2D eigenvalue weighted by molar-refractivity contribution is 6.07. The van der Waals surface area contributed by atoms with Gasteiger partial charge in [-0.05, 0) is 25.0 Å². The smallest absolute Gasteiger partial charge is 0.326 e. The number of likely N-dealkylation sites (tertiary alicyclic amines) is 1. The van der Waals surface area contributed by atoms with E-state index in [4.69, 9.17) is 9.15 Å². The first kappa shape index (κ1) is 17.8. The predicted octanol–water partition coefficient (Wildman–Crippen LogP) is 0.254. The normalized spacial score (nSPS) is 22.1. The van der Waals surface area contributed by atoms with Gasteiger partial charge in [-0.2, -0.15) is 0 Å². The van der Waals surface area contributed by atoms with Gasteiger partial charge < -0.3 is 9.15 Å². The summed E-state index contributed by atoms with van der Waals surface area (Å²) in [5.74, 6) is -3.94. The first-order valence-corrected chi connectivity index (χ1v) is 8.36. The molecule has 4 amide bonds. The van der Waals surface area contributed by atoms with Crippen molar-refractivity contribution in [2.24, 2.45) is 11.8 Å². The van der Waals surface area contributed by atoms with Gasteiger partial charge in [0.15, 0.2) is 12.4 Å². The van der Waals surface area contributed by atoms with Crippen LogP contribution in [0.15, 0.2) is 22.8 Å². The second-order valence-corrected chi connectivity index (χ2v) is 6.28. The Kier molecular flexibility index (Phi) is 5.15. The Bertz CT molecular complexity index is 716. The van der Waals surface area contributed by atoms with Crippen LogP contribution in [0.5, 0.6) is 0 Å². The molecular weight excluding hydrogens is 344 g/mol. The van der Waals surface area contributed by atoms with Crippen LogP contribution in [-0.4, -0.2) is 47.6 Å². The minimum atomic E-state index is -0.883. The number of amides is 4. The number of furan rings is 1. The van der Waals surface area contributed by atoms with Crippen molar-refractivity contribution >= 4 is 29.6 Å². The first-order chi connectivity index (χ1) is 12.5. The molecule has 0 radical (unpaired) electrons. The van der Waals surface area contributed by atoms with Gasteiger partial charge in [0, 0.05) is 0 Å². The standard InChI is InChI=1S/C17H18N2O7/c20-13(18-15(22)12-6-3-7-25-12)9-26-14(21)8-19-16(23)10-4-1-2-5-11(10)17(19)24/h3,6-7,10-11H,1-2,4-5,8-9H2,(H,18,20,22). The molecule has 9 heteroatoms. The van der Waals surface area contributed by atoms with Crippen LogP contribution in [0.1, 0.15) is 36.2 Å². The molecule has 2 atom stereocenters. The number of nitrogens with zero attached hydrogens (tertiary/aromatic N) is 1. The molecule has 2 aliphatic rings. The molecule has 0 aromatic carbocycles. The quantitative estimate of drug-likeness (QED) is 0.588. The molecule has 0 bridgehead atoms. The van der Waals surface area contributed by atoms with Gasteiger partial charge in [-0.3, -0.25) is 34.2 Å². The second-order valence-electron chi connectivity index (χ2n) is 6.28. The maximum atomic E-state index is 12.3. The van der Waals surface area contributed by atoms with Crippen LogP contribution in [-0.2, 0) is 23.9 Å². The third-order valence-corrected chi connectivity index (χ3v) is 4.58. The van der Waals surface area contributed by atoms with Crippen molar-refractivity contribution in [2.75, 3.05) is 13.2 Å². The van der Waals surface area contributed by atoms with E-state index >= 15 is 0 Å². The molecule has 26 heavy (non-hydrogen) atoms. The monoisotopic (exact) mass is 362 g/mol. The van der Waals surface area contributed by atoms with Crippen LogP contribution in [0.4, 0.5) is 0 Å². The molecule has 2 heterocycles. The number of ether oxygens (including phenoxy) is 1. The largest absolute Gasteiger partial charge is 0.459 e. The topological polar surface area (TPSA) is 123 Å². The minimum Gasteiger partial charge on any atom is -0.459 e. The Labute approximate surface area is 148 Å². The van der Waals surface area contributed by atoms with E-state index < -0.39 is 30.9 Å². The lowest BCUT2D eigenvalue weighted by molar-refractivity contribution is -0.154. The van der Waals surface area contributed by atoms with E-state index in [0.29, 0.717) is 12.8 Å². The zero-order valence-electron chi connectivity index (χ0n) is 13.9. The zero-order valence-corrected chi connectivity index (χ0v) is 13.9. The van der Waals surface area contributed by atoms with Gasteiger partial charge >= 0.3 is 5.97 Å². The molecule has 1 aliphatic carbocycles. The fourth-order valence-electron chi connectivity index (χ4n) is 3.34. The van der Waals surface area contributed by atoms with Gasteiger partial charge in [0.1, 0.15) is 6.54 Å². The highest BCUT2D eigenvalue weighted by atomic mass is 16.5. The van der Waals surface area contributed by atoms with Gasteiger partial charge in [-0.1, -0.05) is 12.8 Å². The fraction of sp³-hybridized carbons (Fsp3) is 0.471. The molecule has 1 aliphatic heterocycles. The summed E-state index contributed by atoms with van der Waals surface area (Å²) in [6.45, 7) is -1.22. The van der Waals surface area contributed by atoms with Crippen LogP contribution < -0.4 is 5.32 Å². The van der Waals surface area contributed by atoms with Crippen LogP contribution in [0.25, 0.3) is 0 Å². The lowest BCUT2D eigenvalue weighted by Gasteiger charge is -2.19. The Morgan fingerprint density at radius 1 is 1.15 bits per heavy atom. The van der Waals surface area contributed by atoms with E-state index in [1.807, 2.05) is 5.32 Å². The van der Waals surface area contributed by atoms with Gasteiger partial charge in [-0.15, -0.1) is 0 Å². The van der Waals surface area contributed by atoms with Crippen molar-refractivity contribution in [3.05, 3.63) is 24.2 Å². The van der Waals surface area contributed by atoms with Gasteiger partial charge in [0.05, 0.1) is 18.1 Å². The summed E-state index contributed by atoms with van der Waals surface area (Å²) in [5, 5.41) is 1.99. The maximum absolute atomic E-state index is 12.3. The zero-order chi connectivity index (χ0) is 18.7. The molecule has 2 fully saturated rings. The van der Waals surface area contributed by atoms with E-state index in [9.17, 15) is 24.0 Å². The molecule has 138 valence electrons. The highest BCUT2D eigenvalue weighted by Gasteiger charge is 2.48. The maximum Gasteiger partial charge on any atom is 0.326 e. The van der Waals surface area contributed by atoms with Crippen LogP contribution in [0, 0.1) is 11.8 Å². The van der Waals surface area contributed by atoms with Gasteiger partial charge in [-0.25, -0.2) is 0 Å². The van der Waals surface area contributed by atoms with Gasteiger partial charge in [0.2, 0.25) is 11.8 Å². The minimum absolute atomic E-state index is 0.0551. The summed E-state index contributed by atoms with van der Waals surface area (Å²) in [7, 11) is 0. The average Bonchev–Trinajstić information content (AvgIpc) is 3.24. The third kappa shape index (κ3) is 3.66. The number of imide groups is 2. The number of fused-ring (bicyclic) bond motifs is 1. The number of esters is 1. The van der Waals surface area contributed by atoms with Crippen molar-refractivity contribution in [1.29, 1.82) is 0 Å². The average molecular weight is 362 g/mol. The molecule has 9 nitrogen and oxygen atoms in total. The summed E-state index contributed by atoms with van der Waals surface area (Å²) >= 11 is 0. The predicted molar refractivity (Wildman–Crippen MR) is 84.3 cm³/mol. The van der Waals surface area contributed by atoms with Crippen molar-refractivity contribution in [3.8, 4) is 0 Å². The van der Waals surface area contributed by atoms with Crippen molar-refractivity contribution in [3.63, 3.8) is 0 Å². The van der Waals surface area contributed by atoms with Crippen LogP contribution in [0.2, 0.25) is 0 Å². The van der Waals surface area contributed by atoms with Crippen molar-refractivity contribution in [1.82, 2.24) is 10.2 Å². The third-order valence-electron chi connectivity index (χ3n) is 4.58. The number of carbonyl (C=O) groups is 5. The van der Waals surface area contributed by atoms with Crippen LogP contribution in [0.3, 0.4) is 0 Å². The summed E-state index contributed by atoms with van der Waals surface area (Å²) in [5.41, 5.74) is 0. The van der Waals surface area contributed by atoms with E-state index in [1.54, 1.807) is 0 Å². The molecule has 3 rings (SSSR count). The lowest BCUT2D eigenvalue weighted by atomic mass is 9.81. The van der Waals surface area contributed by atoms with E-state index in [-0.39, 0.29) is 29.4 Å². The number of carbonyl (C=O) groups excluding carboxylic acids is 5. The Morgan fingerprint density at radius 3 is 2.38 bits per heavy atom. The number of hydrogen-bond donors (Lipinski definition) is 1. The Hall–Kier alpha value is -2.97. The molecule has 1 aromatic rings. The Balaban J connectivity index is 1.46. The molecule has 0 spiro atoms. The first-order valence-electron chi connectivity index (χ1n) is 8.36. The molecular formula is C17H18N2O7. The summed E-state index contributed by atoms with van der Waals surface area (Å²) < 4.78 is 9.58. The second kappa shape index (κ2) is 7.51. The molecule has 1 saturated heterocycles.